The minimum atomic E-state index is -4.69. The zero-order chi connectivity index (χ0) is 11.8. The van der Waals surface area contributed by atoms with Gasteiger partial charge < -0.3 is 0 Å². The monoisotopic (exact) mass is 256 g/mol. The van der Waals surface area contributed by atoms with Crippen LogP contribution < -0.4 is 0 Å². The van der Waals surface area contributed by atoms with E-state index in [4.69, 9.17) is 23.2 Å². The Balaban J connectivity index is 3.60. The SMILES string of the molecule is CC(=O)c1c(Cl)ccc(Cl)c1C(F)(F)F. The highest BCUT2D eigenvalue weighted by molar-refractivity contribution is 6.36. The van der Waals surface area contributed by atoms with Crippen LogP contribution in [-0.2, 0) is 6.18 Å². The van der Waals surface area contributed by atoms with Gasteiger partial charge in [0.15, 0.2) is 5.78 Å². The molecule has 1 rings (SSSR count). The molecule has 0 heterocycles. The first-order valence-corrected chi connectivity index (χ1v) is 4.57. The van der Waals surface area contributed by atoms with E-state index >= 15 is 0 Å². The molecule has 0 unspecified atom stereocenters. The first-order chi connectivity index (χ1) is 6.75. The summed E-state index contributed by atoms with van der Waals surface area (Å²) in [6.07, 6.45) is -4.69. The van der Waals surface area contributed by atoms with Crippen molar-refractivity contribution in [1.29, 1.82) is 0 Å². The molecule has 1 nitrogen and oxygen atoms in total. The first kappa shape index (κ1) is 12.3. The van der Waals surface area contributed by atoms with Gasteiger partial charge >= 0.3 is 6.18 Å². The fourth-order valence-corrected chi connectivity index (χ4v) is 1.73. The highest BCUT2D eigenvalue weighted by Crippen LogP contribution is 2.39. The van der Waals surface area contributed by atoms with E-state index in [1.54, 1.807) is 0 Å². The normalized spacial score (nSPS) is 11.6. The molecule has 1 aromatic rings. The number of rotatable bonds is 1. The summed E-state index contributed by atoms with van der Waals surface area (Å²) in [5.74, 6) is -0.769. The molecule has 0 aromatic heterocycles. The lowest BCUT2D eigenvalue weighted by Crippen LogP contribution is -2.13. The summed E-state index contributed by atoms with van der Waals surface area (Å²) in [5.41, 5.74) is -1.76. The Morgan fingerprint density at radius 2 is 1.67 bits per heavy atom. The zero-order valence-electron chi connectivity index (χ0n) is 7.45. The molecule has 15 heavy (non-hydrogen) atoms. The first-order valence-electron chi connectivity index (χ1n) is 3.81. The lowest BCUT2D eigenvalue weighted by atomic mass is 10.0. The number of halogens is 5. The standard InChI is InChI=1S/C9H5Cl2F3O/c1-4(15)7-5(10)2-3-6(11)8(7)9(12,13)14/h2-3H,1H3. The lowest BCUT2D eigenvalue weighted by molar-refractivity contribution is -0.137. The minimum absolute atomic E-state index is 0.251. The Morgan fingerprint density at radius 1 is 1.20 bits per heavy atom. The molecule has 0 aliphatic carbocycles. The van der Waals surface area contributed by atoms with Crippen molar-refractivity contribution < 1.29 is 18.0 Å². The Labute approximate surface area is 93.8 Å². The zero-order valence-corrected chi connectivity index (χ0v) is 8.96. The second-order valence-corrected chi connectivity index (χ2v) is 3.65. The Morgan fingerprint density at radius 3 is 2.00 bits per heavy atom. The van der Waals surface area contributed by atoms with E-state index < -0.39 is 28.1 Å². The van der Waals surface area contributed by atoms with Gasteiger partial charge in [0.1, 0.15) is 0 Å². The summed E-state index contributed by atoms with van der Waals surface area (Å²) in [5, 5.41) is -0.781. The number of hydrogen-bond donors (Lipinski definition) is 0. The van der Waals surface area contributed by atoms with Gasteiger partial charge in [-0.3, -0.25) is 4.79 Å². The molecular weight excluding hydrogens is 252 g/mol. The number of hydrogen-bond acceptors (Lipinski definition) is 1. The molecule has 0 bridgehead atoms. The second kappa shape index (κ2) is 4.02. The molecule has 0 atom stereocenters. The van der Waals surface area contributed by atoms with Gasteiger partial charge in [0.05, 0.1) is 15.6 Å². The van der Waals surface area contributed by atoms with E-state index in [1.165, 1.54) is 0 Å². The molecular formula is C9H5Cl2F3O. The van der Waals surface area contributed by atoms with Crippen LogP contribution in [0.15, 0.2) is 12.1 Å². The fraction of sp³-hybridized carbons (Fsp3) is 0.222. The molecule has 0 aliphatic rings. The van der Waals surface area contributed by atoms with Crippen molar-refractivity contribution in [2.24, 2.45) is 0 Å². The van der Waals surface area contributed by atoms with Crippen LogP contribution in [0.2, 0.25) is 10.0 Å². The number of alkyl halides is 3. The minimum Gasteiger partial charge on any atom is -0.294 e. The third kappa shape index (κ3) is 2.44. The Kier molecular flexibility index (Phi) is 3.31. The molecule has 82 valence electrons. The molecule has 0 spiro atoms. The predicted molar refractivity (Wildman–Crippen MR) is 51.5 cm³/mol. The fourth-order valence-electron chi connectivity index (χ4n) is 1.17. The van der Waals surface area contributed by atoms with Gasteiger partial charge in [0.25, 0.3) is 0 Å². The van der Waals surface area contributed by atoms with Crippen LogP contribution in [0.4, 0.5) is 13.2 Å². The van der Waals surface area contributed by atoms with Crippen molar-refractivity contribution in [3.8, 4) is 0 Å². The molecule has 1 aromatic carbocycles. The summed E-state index contributed by atoms with van der Waals surface area (Å²) in [6.45, 7) is 1.01. The quantitative estimate of drug-likeness (QED) is 0.688. The number of benzene rings is 1. The third-order valence-electron chi connectivity index (χ3n) is 1.74. The third-order valence-corrected chi connectivity index (χ3v) is 2.37. The second-order valence-electron chi connectivity index (χ2n) is 2.83. The van der Waals surface area contributed by atoms with Gasteiger partial charge in [-0.05, 0) is 19.1 Å². The highest BCUT2D eigenvalue weighted by Gasteiger charge is 2.38. The van der Waals surface area contributed by atoms with Gasteiger partial charge in [0, 0.05) is 5.56 Å². The average Bonchev–Trinajstić information content (AvgIpc) is 2.05. The molecule has 0 saturated heterocycles. The van der Waals surface area contributed by atoms with Crippen LogP contribution in [0, 0.1) is 0 Å². The van der Waals surface area contributed by atoms with Gasteiger partial charge in [0.2, 0.25) is 0 Å². The Bertz CT molecular complexity index is 413. The van der Waals surface area contributed by atoms with Crippen LogP contribution in [0.3, 0.4) is 0 Å². The number of Topliss-reactive ketones (excluding diaryl/α,β-unsaturated/α-hetero) is 1. The van der Waals surface area contributed by atoms with Crippen LogP contribution in [0.1, 0.15) is 22.8 Å². The van der Waals surface area contributed by atoms with E-state index in [9.17, 15) is 18.0 Å². The van der Waals surface area contributed by atoms with Crippen LogP contribution in [0.5, 0.6) is 0 Å². The van der Waals surface area contributed by atoms with E-state index in [-0.39, 0.29) is 5.02 Å². The van der Waals surface area contributed by atoms with Crippen molar-refractivity contribution >= 4 is 29.0 Å². The average molecular weight is 257 g/mol. The smallest absolute Gasteiger partial charge is 0.294 e. The molecule has 0 fully saturated rings. The highest BCUT2D eigenvalue weighted by atomic mass is 35.5. The van der Waals surface area contributed by atoms with Crippen molar-refractivity contribution in [3.63, 3.8) is 0 Å². The van der Waals surface area contributed by atoms with Gasteiger partial charge in [-0.2, -0.15) is 13.2 Å². The van der Waals surface area contributed by atoms with E-state index in [2.05, 4.69) is 0 Å². The maximum absolute atomic E-state index is 12.6. The van der Waals surface area contributed by atoms with Crippen LogP contribution in [0.25, 0.3) is 0 Å². The maximum Gasteiger partial charge on any atom is 0.418 e. The number of carbonyl (C=O) groups excluding carboxylic acids is 1. The van der Waals surface area contributed by atoms with Crippen LogP contribution >= 0.6 is 23.2 Å². The molecule has 0 amide bonds. The maximum atomic E-state index is 12.6. The summed E-state index contributed by atoms with van der Waals surface area (Å²) in [6, 6.07) is 2.18. The van der Waals surface area contributed by atoms with Gasteiger partial charge in [-0.1, -0.05) is 23.2 Å². The molecule has 6 heteroatoms. The molecule has 0 N–H and O–H groups in total. The summed E-state index contributed by atoms with van der Waals surface area (Å²) in [7, 11) is 0. The molecule has 0 radical (unpaired) electrons. The van der Waals surface area contributed by atoms with E-state index in [0.29, 0.717) is 0 Å². The Hall–Kier alpha value is -0.740. The van der Waals surface area contributed by atoms with E-state index in [1.807, 2.05) is 0 Å². The largest absolute Gasteiger partial charge is 0.418 e. The van der Waals surface area contributed by atoms with E-state index in [0.717, 1.165) is 19.1 Å². The lowest BCUT2D eigenvalue weighted by Gasteiger charge is -2.13. The van der Waals surface area contributed by atoms with Crippen molar-refractivity contribution in [2.45, 2.75) is 13.1 Å². The number of carbonyl (C=O) groups is 1. The summed E-state index contributed by atoms with van der Waals surface area (Å²) in [4.78, 5) is 11.0. The summed E-state index contributed by atoms with van der Waals surface area (Å²) >= 11 is 10.9. The predicted octanol–water partition coefficient (Wildman–Crippen LogP) is 4.21. The molecule has 0 aliphatic heterocycles. The topological polar surface area (TPSA) is 17.1 Å². The van der Waals surface area contributed by atoms with Crippen molar-refractivity contribution in [1.82, 2.24) is 0 Å². The molecule has 0 saturated carbocycles. The summed E-state index contributed by atoms with van der Waals surface area (Å²) < 4.78 is 37.7. The number of ketones is 1. The van der Waals surface area contributed by atoms with Crippen LogP contribution in [-0.4, -0.2) is 5.78 Å². The van der Waals surface area contributed by atoms with Crippen molar-refractivity contribution in [3.05, 3.63) is 33.3 Å². The van der Waals surface area contributed by atoms with Gasteiger partial charge in [-0.25, -0.2) is 0 Å². The van der Waals surface area contributed by atoms with Gasteiger partial charge in [-0.15, -0.1) is 0 Å². The van der Waals surface area contributed by atoms with Crippen molar-refractivity contribution in [2.75, 3.05) is 0 Å².